The largest absolute Gasteiger partial charge is 0.497 e. The van der Waals surface area contributed by atoms with Gasteiger partial charge >= 0.3 is 5.97 Å². The number of carbonyl (C=O) groups excluding carboxylic acids is 2. The Kier molecular flexibility index (Phi) is 5.36. The molecule has 0 spiro atoms. The molecular weight excluding hydrogens is 296 g/mol. The van der Waals surface area contributed by atoms with Crippen LogP contribution in [0.1, 0.15) is 27.6 Å². The fourth-order valence-corrected chi connectivity index (χ4v) is 2.00. The summed E-state index contributed by atoms with van der Waals surface area (Å²) < 4.78 is 15.3. The lowest BCUT2D eigenvalue weighted by Gasteiger charge is -2.13. The second kappa shape index (κ2) is 7.45. The number of carbonyl (C=O) groups is 2. The van der Waals surface area contributed by atoms with Crippen molar-refractivity contribution >= 4 is 11.8 Å². The van der Waals surface area contributed by atoms with Crippen molar-refractivity contribution < 1.29 is 23.8 Å². The third kappa shape index (κ3) is 4.10. The van der Waals surface area contributed by atoms with Gasteiger partial charge in [-0.3, -0.25) is 4.79 Å². The number of Topliss-reactive ketones (excluding diaryl/α,β-unsaturated/α-hetero) is 1. The van der Waals surface area contributed by atoms with Crippen LogP contribution >= 0.6 is 0 Å². The highest BCUT2D eigenvalue weighted by Gasteiger charge is 2.20. The SMILES string of the molecule is COc1ccc(C(=O)O[C@@H](C)C(=O)c2ccc(OC)cc2)cc1. The summed E-state index contributed by atoms with van der Waals surface area (Å²) in [5.41, 5.74) is 0.820. The first-order valence-corrected chi connectivity index (χ1v) is 7.08. The molecule has 0 unspecified atom stereocenters. The molecular formula is C18H18O5. The van der Waals surface area contributed by atoms with E-state index < -0.39 is 12.1 Å². The van der Waals surface area contributed by atoms with Crippen LogP contribution in [0, 0.1) is 0 Å². The van der Waals surface area contributed by atoms with Crippen molar-refractivity contribution in [2.24, 2.45) is 0 Å². The van der Waals surface area contributed by atoms with Gasteiger partial charge in [0, 0.05) is 5.56 Å². The third-order valence-electron chi connectivity index (χ3n) is 3.35. The van der Waals surface area contributed by atoms with Crippen LogP contribution in [0.25, 0.3) is 0 Å². The molecule has 0 bridgehead atoms. The number of hydrogen-bond donors (Lipinski definition) is 0. The molecule has 0 aliphatic heterocycles. The van der Waals surface area contributed by atoms with Crippen molar-refractivity contribution in [3.05, 3.63) is 59.7 Å². The monoisotopic (exact) mass is 314 g/mol. The van der Waals surface area contributed by atoms with Crippen molar-refractivity contribution in [2.45, 2.75) is 13.0 Å². The molecule has 0 amide bonds. The Balaban J connectivity index is 2.02. The highest BCUT2D eigenvalue weighted by molar-refractivity contribution is 6.01. The van der Waals surface area contributed by atoms with Gasteiger partial charge in [0.05, 0.1) is 19.8 Å². The maximum absolute atomic E-state index is 12.3. The predicted octanol–water partition coefficient (Wildman–Crippen LogP) is 3.13. The predicted molar refractivity (Wildman–Crippen MR) is 85.2 cm³/mol. The Morgan fingerprint density at radius 3 is 1.65 bits per heavy atom. The number of ketones is 1. The summed E-state index contributed by atoms with van der Waals surface area (Å²) in [6.45, 7) is 1.55. The first-order valence-electron chi connectivity index (χ1n) is 7.08. The molecule has 2 aromatic carbocycles. The van der Waals surface area contributed by atoms with E-state index in [0.29, 0.717) is 22.6 Å². The van der Waals surface area contributed by atoms with E-state index in [0.717, 1.165) is 0 Å². The summed E-state index contributed by atoms with van der Waals surface area (Å²) in [4.78, 5) is 24.3. The fraction of sp³-hybridized carbons (Fsp3) is 0.222. The van der Waals surface area contributed by atoms with Gasteiger partial charge in [0.15, 0.2) is 6.10 Å². The molecule has 2 aromatic rings. The minimum atomic E-state index is -0.877. The summed E-state index contributed by atoms with van der Waals surface area (Å²) in [5.74, 6) is 0.477. The summed E-state index contributed by atoms with van der Waals surface area (Å²) in [5, 5.41) is 0. The molecule has 0 aromatic heterocycles. The zero-order valence-corrected chi connectivity index (χ0v) is 13.2. The van der Waals surface area contributed by atoms with Crippen LogP contribution in [0.15, 0.2) is 48.5 Å². The van der Waals surface area contributed by atoms with Crippen LogP contribution in [-0.4, -0.2) is 32.1 Å². The zero-order chi connectivity index (χ0) is 16.8. The molecule has 23 heavy (non-hydrogen) atoms. The van der Waals surface area contributed by atoms with Gasteiger partial charge in [0.25, 0.3) is 0 Å². The van der Waals surface area contributed by atoms with E-state index in [4.69, 9.17) is 14.2 Å². The summed E-state index contributed by atoms with van der Waals surface area (Å²) in [6, 6.07) is 13.1. The van der Waals surface area contributed by atoms with Crippen LogP contribution < -0.4 is 9.47 Å². The smallest absolute Gasteiger partial charge is 0.338 e. The lowest BCUT2D eigenvalue weighted by atomic mass is 10.1. The molecule has 1 atom stereocenters. The lowest BCUT2D eigenvalue weighted by molar-refractivity contribution is 0.0319. The van der Waals surface area contributed by atoms with E-state index >= 15 is 0 Å². The highest BCUT2D eigenvalue weighted by Crippen LogP contribution is 2.16. The van der Waals surface area contributed by atoms with Crippen molar-refractivity contribution in [1.29, 1.82) is 0 Å². The Labute approximate surface area is 134 Å². The van der Waals surface area contributed by atoms with Gasteiger partial charge in [-0.1, -0.05) is 0 Å². The molecule has 2 rings (SSSR count). The molecule has 0 saturated heterocycles. The Morgan fingerprint density at radius 2 is 1.22 bits per heavy atom. The standard InChI is InChI=1S/C18H18O5/c1-12(17(19)13-4-8-15(21-2)9-5-13)23-18(20)14-6-10-16(22-3)11-7-14/h4-12H,1-3H3/t12-/m0/s1. The second-order valence-electron chi connectivity index (χ2n) is 4.87. The topological polar surface area (TPSA) is 61.8 Å². The van der Waals surface area contributed by atoms with E-state index in [2.05, 4.69) is 0 Å². The summed E-state index contributed by atoms with van der Waals surface area (Å²) in [6.07, 6.45) is -0.877. The molecule has 5 nitrogen and oxygen atoms in total. The van der Waals surface area contributed by atoms with Crippen molar-refractivity contribution in [3.8, 4) is 11.5 Å². The van der Waals surface area contributed by atoms with Crippen LogP contribution in [0.5, 0.6) is 11.5 Å². The van der Waals surface area contributed by atoms with Crippen LogP contribution in [0.3, 0.4) is 0 Å². The van der Waals surface area contributed by atoms with Crippen LogP contribution in [-0.2, 0) is 4.74 Å². The van der Waals surface area contributed by atoms with E-state index in [-0.39, 0.29) is 5.78 Å². The van der Waals surface area contributed by atoms with Crippen molar-refractivity contribution in [3.63, 3.8) is 0 Å². The second-order valence-corrected chi connectivity index (χ2v) is 4.87. The van der Waals surface area contributed by atoms with Crippen LogP contribution in [0.2, 0.25) is 0 Å². The number of rotatable bonds is 6. The minimum absolute atomic E-state index is 0.269. The normalized spacial score (nSPS) is 11.4. The van der Waals surface area contributed by atoms with Crippen molar-refractivity contribution in [1.82, 2.24) is 0 Å². The number of esters is 1. The maximum Gasteiger partial charge on any atom is 0.338 e. The number of ether oxygens (including phenoxy) is 3. The number of methoxy groups -OCH3 is 2. The third-order valence-corrected chi connectivity index (χ3v) is 3.35. The first kappa shape index (κ1) is 16.5. The molecule has 5 heteroatoms. The van der Waals surface area contributed by atoms with E-state index in [9.17, 15) is 9.59 Å². The molecule has 0 aliphatic carbocycles. The van der Waals surface area contributed by atoms with Gasteiger partial charge in [0.1, 0.15) is 11.5 Å². The van der Waals surface area contributed by atoms with Gasteiger partial charge in [-0.15, -0.1) is 0 Å². The van der Waals surface area contributed by atoms with Gasteiger partial charge in [-0.05, 0) is 55.5 Å². The molecule has 0 aliphatic rings. The Hall–Kier alpha value is -2.82. The molecule has 0 N–H and O–H groups in total. The quantitative estimate of drug-likeness (QED) is 0.605. The van der Waals surface area contributed by atoms with Crippen LogP contribution in [0.4, 0.5) is 0 Å². The highest BCUT2D eigenvalue weighted by atomic mass is 16.5. The average molecular weight is 314 g/mol. The fourth-order valence-electron chi connectivity index (χ4n) is 2.00. The molecule has 0 saturated carbocycles. The van der Waals surface area contributed by atoms with Gasteiger partial charge in [-0.2, -0.15) is 0 Å². The average Bonchev–Trinajstić information content (AvgIpc) is 2.61. The Morgan fingerprint density at radius 1 is 0.783 bits per heavy atom. The van der Waals surface area contributed by atoms with Gasteiger partial charge in [0.2, 0.25) is 5.78 Å². The molecule has 0 fully saturated rings. The summed E-state index contributed by atoms with van der Waals surface area (Å²) in [7, 11) is 3.10. The number of benzene rings is 2. The van der Waals surface area contributed by atoms with E-state index in [1.54, 1.807) is 69.7 Å². The lowest BCUT2D eigenvalue weighted by Crippen LogP contribution is -2.24. The molecule has 0 heterocycles. The maximum atomic E-state index is 12.3. The van der Waals surface area contributed by atoms with Crippen molar-refractivity contribution in [2.75, 3.05) is 14.2 Å². The van der Waals surface area contributed by atoms with E-state index in [1.807, 2.05) is 0 Å². The first-order chi connectivity index (χ1) is 11.0. The summed E-state index contributed by atoms with van der Waals surface area (Å²) >= 11 is 0. The van der Waals surface area contributed by atoms with Gasteiger partial charge in [-0.25, -0.2) is 4.79 Å². The molecule has 120 valence electrons. The zero-order valence-electron chi connectivity index (χ0n) is 13.2. The number of hydrogen-bond acceptors (Lipinski definition) is 5. The minimum Gasteiger partial charge on any atom is -0.497 e. The molecule has 0 radical (unpaired) electrons. The van der Waals surface area contributed by atoms with Gasteiger partial charge < -0.3 is 14.2 Å². The van der Waals surface area contributed by atoms with E-state index in [1.165, 1.54) is 0 Å². The Bertz CT molecular complexity index is 674.